The van der Waals surface area contributed by atoms with Gasteiger partial charge in [-0.3, -0.25) is 9.78 Å². The van der Waals surface area contributed by atoms with Gasteiger partial charge in [-0.2, -0.15) is 0 Å². The van der Waals surface area contributed by atoms with Crippen LogP contribution in [0.5, 0.6) is 0 Å². The van der Waals surface area contributed by atoms with Gasteiger partial charge < -0.3 is 0 Å². The molecule has 0 atom stereocenters. The summed E-state index contributed by atoms with van der Waals surface area (Å²) in [5, 5.41) is 0. The number of carbonyl (C=O) groups is 1. The first-order valence-electron chi connectivity index (χ1n) is 4.59. The van der Waals surface area contributed by atoms with E-state index < -0.39 is 0 Å². The molecule has 0 aliphatic heterocycles. The van der Waals surface area contributed by atoms with Crippen molar-refractivity contribution >= 4 is 44.3 Å². The van der Waals surface area contributed by atoms with Crippen molar-refractivity contribution in [2.45, 2.75) is 0 Å². The van der Waals surface area contributed by atoms with Crippen LogP contribution in [0.25, 0.3) is 0 Å². The van der Waals surface area contributed by atoms with E-state index in [0.717, 1.165) is 8.04 Å². The Labute approximate surface area is 115 Å². The molecule has 0 saturated heterocycles. The van der Waals surface area contributed by atoms with Crippen LogP contribution in [0, 0.1) is 3.57 Å². The molecule has 0 spiro atoms. The van der Waals surface area contributed by atoms with Gasteiger partial charge >= 0.3 is 0 Å². The lowest BCUT2D eigenvalue weighted by molar-refractivity contribution is 0.103. The first-order valence-corrected chi connectivity index (χ1v) is 6.46. The Morgan fingerprint density at radius 1 is 1.25 bits per heavy atom. The standard InChI is InChI=1S/C12H7BrINO/c13-9-5-4-8(7-10(9)14)12(16)11-3-1-2-6-15-11/h1-7H. The summed E-state index contributed by atoms with van der Waals surface area (Å²) in [4.78, 5) is 16.1. The van der Waals surface area contributed by atoms with E-state index in [-0.39, 0.29) is 5.78 Å². The van der Waals surface area contributed by atoms with Crippen LogP contribution in [0.2, 0.25) is 0 Å². The molecule has 2 rings (SSSR count). The topological polar surface area (TPSA) is 30.0 Å². The third-order valence-electron chi connectivity index (χ3n) is 2.08. The van der Waals surface area contributed by atoms with E-state index in [1.54, 1.807) is 24.4 Å². The molecule has 2 nitrogen and oxygen atoms in total. The molecular formula is C12H7BrINO. The van der Waals surface area contributed by atoms with Gasteiger partial charge in [-0.05, 0) is 68.9 Å². The van der Waals surface area contributed by atoms with E-state index in [4.69, 9.17) is 0 Å². The average molecular weight is 388 g/mol. The minimum Gasteiger partial charge on any atom is -0.287 e. The molecule has 0 unspecified atom stereocenters. The molecule has 0 saturated carbocycles. The largest absolute Gasteiger partial charge is 0.287 e. The normalized spacial score (nSPS) is 10.1. The fraction of sp³-hybridized carbons (Fsp3) is 0. The molecule has 0 amide bonds. The third kappa shape index (κ3) is 2.49. The Balaban J connectivity index is 2.39. The highest BCUT2D eigenvalue weighted by atomic mass is 127. The zero-order chi connectivity index (χ0) is 11.5. The molecule has 0 radical (unpaired) electrons. The van der Waals surface area contributed by atoms with Gasteiger partial charge in [0.2, 0.25) is 5.78 Å². The molecule has 1 aromatic heterocycles. The minimum absolute atomic E-state index is 0.0500. The molecule has 0 N–H and O–H groups in total. The number of hydrogen-bond acceptors (Lipinski definition) is 2. The van der Waals surface area contributed by atoms with Crippen molar-refractivity contribution in [1.82, 2.24) is 4.98 Å². The number of nitrogens with zero attached hydrogens (tertiary/aromatic N) is 1. The quantitative estimate of drug-likeness (QED) is 0.581. The fourth-order valence-corrected chi connectivity index (χ4v) is 2.04. The minimum atomic E-state index is -0.0500. The summed E-state index contributed by atoms with van der Waals surface area (Å²) in [6, 6.07) is 10.8. The summed E-state index contributed by atoms with van der Waals surface area (Å²) >= 11 is 5.58. The second kappa shape index (κ2) is 5.05. The maximum Gasteiger partial charge on any atom is 0.211 e. The van der Waals surface area contributed by atoms with Crippen molar-refractivity contribution in [1.29, 1.82) is 0 Å². The second-order valence-corrected chi connectivity index (χ2v) is 5.19. The van der Waals surface area contributed by atoms with E-state index in [2.05, 4.69) is 43.5 Å². The Morgan fingerprint density at radius 3 is 2.69 bits per heavy atom. The molecule has 16 heavy (non-hydrogen) atoms. The fourth-order valence-electron chi connectivity index (χ4n) is 1.28. The lowest BCUT2D eigenvalue weighted by atomic mass is 10.1. The maximum atomic E-state index is 12.0. The van der Waals surface area contributed by atoms with Crippen LogP contribution >= 0.6 is 38.5 Å². The van der Waals surface area contributed by atoms with E-state index >= 15 is 0 Å². The Hall–Kier alpha value is -0.750. The third-order valence-corrected chi connectivity index (χ3v) is 4.40. The van der Waals surface area contributed by atoms with Crippen molar-refractivity contribution in [2.24, 2.45) is 0 Å². The van der Waals surface area contributed by atoms with E-state index in [1.165, 1.54) is 0 Å². The number of aromatic nitrogens is 1. The van der Waals surface area contributed by atoms with E-state index in [1.807, 2.05) is 18.2 Å². The first kappa shape index (κ1) is 11.7. The number of hydrogen-bond donors (Lipinski definition) is 0. The number of carbonyl (C=O) groups excluding carboxylic acids is 1. The molecule has 0 aliphatic rings. The van der Waals surface area contributed by atoms with Gasteiger partial charge in [-0.25, -0.2) is 0 Å². The lowest BCUT2D eigenvalue weighted by Gasteiger charge is -2.02. The van der Waals surface area contributed by atoms with Crippen LogP contribution in [0.15, 0.2) is 47.1 Å². The van der Waals surface area contributed by atoms with Crippen molar-refractivity contribution in [3.63, 3.8) is 0 Å². The smallest absolute Gasteiger partial charge is 0.211 e. The molecule has 2 aromatic rings. The molecule has 0 aliphatic carbocycles. The maximum absolute atomic E-state index is 12.0. The molecule has 0 bridgehead atoms. The number of ketones is 1. The number of halogens is 2. The molecule has 1 heterocycles. The Bertz CT molecular complexity index is 528. The van der Waals surface area contributed by atoms with Gasteiger partial charge in [0.05, 0.1) is 0 Å². The van der Waals surface area contributed by atoms with E-state index in [0.29, 0.717) is 11.3 Å². The molecule has 0 fully saturated rings. The van der Waals surface area contributed by atoms with Crippen LogP contribution < -0.4 is 0 Å². The summed E-state index contributed by atoms with van der Waals surface area (Å²) in [7, 11) is 0. The Kier molecular flexibility index (Phi) is 3.70. The number of pyridine rings is 1. The lowest BCUT2D eigenvalue weighted by Crippen LogP contribution is -2.03. The SMILES string of the molecule is O=C(c1ccc(Br)c(I)c1)c1ccccn1. The second-order valence-electron chi connectivity index (χ2n) is 3.17. The highest BCUT2D eigenvalue weighted by Gasteiger charge is 2.10. The van der Waals surface area contributed by atoms with Gasteiger partial charge in [0.25, 0.3) is 0 Å². The van der Waals surface area contributed by atoms with Crippen molar-refractivity contribution < 1.29 is 4.79 Å². The summed E-state index contributed by atoms with van der Waals surface area (Å²) in [6.07, 6.45) is 1.62. The van der Waals surface area contributed by atoms with Gasteiger partial charge in [-0.15, -0.1) is 0 Å². The Morgan fingerprint density at radius 2 is 2.06 bits per heavy atom. The highest BCUT2D eigenvalue weighted by molar-refractivity contribution is 14.1. The molecule has 1 aromatic carbocycles. The van der Waals surface area contributed by atoms with Gasteiger partial charge in [0.15, 0.2) is 0 Å². The first-order chi connectivity index (χ1) is 7.68. The van der Waals surface area contributed by atoms with Crippen LogP contribution in [0.4, 0.5) is 0 Å². The van der Waals surface area contributed by atoms with Gasteiger partial charge in [0, 0.05) is 19.8 Å². The summed E-state index contributed by atoms with van der Waals surface area (Å²) in [5.41, 5.74) is 1.13. The summed E-state index contributed by atoms with van der Waals surface area (Å²) in [5.74, 6) is -0.0500. The highest BCUT2D eigenvalue weighted by Crippen LogP contribution is 2.21. The zero-order valence-electron chi connectivity index (χ0n) is 8.15. The molecule has 80 valence electrons. The average Bonchev–Trinajstić information content (AvgIpc) is 2.33. The van der Waals surface area contributed by atoms with E-state index in [9.17, 15) is 4.79 Å². The van der Waals surface area contributed by atoms with Crippen molar-refractivity contribution in [2.75, 3.05) is 0 Å². The predicted molar refractivity (Wildman–Crippen MR) is 74.5 cm³/mol. The van der Waals surface area contributed by atoms with Gasteiger partial charge in [-0.1, -0.05) is 6.07 Å². The zero-order valence-corrected chi connectivity index (χ0v) is 11.9. The number of benzene rings is 1. The van der Waals surface area contributed by atoms with Crippen LogP contribution in [-0.4, -0.2) is 10.8 Å². The van der Waals surface area contributed by atoms with Gasteiger partial charge in [0.1, 0.15) is 5.69 Å². The summed E-state index contributed by atoms with van der Waals surface area (Å²) < 4.78 is 2.00. The monoisotopic (exact) mass is 387 g/mol. The number of rotatable bonds is 2. The van der Waals surface area contributed by atoms with Crippen molar-refractivity contribution in [3.8, 4) is 0 Å². The molecular weight excluding hydrogens is 381 g/mol. The predicted octanol–water partition coefficient (Wildman–Crippen LogP) is 3.68. The van der Waals surface area contributed by atoms with Crippen molar-refractivity contribution in [3.05, 3.63) is 61.9 Å². The van der Waals surface area contributed by atoms with Crippen LogP contribution in [-0.2, 0) is 0 Å². The van der Waals surface area contributed by atoms with Crippen LogP contribution in [0.1, 0.15) is 16.1 Å². The summed E-state index contributed by atoms with van der Waals surface area (Å²) in [6.45, 7) is 0. The van der Waals surface area contributed by atoms with Crippen LogP contribution in [0.3, 0.4) is 0 Å². The molecule has 4 heteroatoms.